The van der Waals surface area contributed by atoms with E-state index in [0.717, 1.165) is 73.3 Å². The topological polar surface area (TPSA) is 68.3 Å². The highest BCUT2D eigenvalue weighted by Gasteiger charge is 2.29. The molecule has 1 aliphatic heterocycles. The molecule has 0 radical (unpaired) electrons. The standard InChI is InChI=1S/C34H38ClN3O3/c1-5-23-11-10-12-24(6-2)31(23)38-30(19-22(3)4)27(33(39)37-17-8-7-9-18-37)20-28(34(38)40)32-36-29(21-41-32)25-13-15-26(35)16-14-25/h10-16,20-22H,5-9,17-19H2,1-4H3. The number of likely N-dealkylation sites (tertiary alicyclic amines) is 1. The molecule has 0 atom stereocenters. The SMILES string of the molecule is CCc1cccc(CC)c1-n1c(CC(C)C)c(C(=O)N2CCCCC2)cc(-c2nc(-c3ccc(Cl)cc3)co2)c1=O. The number of rotatable bonds is 8. The maximum absolute atomic E-state index is 14.6. The molecular weight excluding hydrogens is 534 g/mol. The molecule has 4 aromatic rings. The van der Waals surface area contributed by atoms with Gasteiger partial charge in [0.1, 0.15) is 17.5 Å². The molecule has 7 heteroatoms. The zero-order chi connectivity index (χ0) is 29.1. The van der Waals surface area contributed by atoms with Crippen molar-refractivity contribution in [1.29, 1.82) is 0 Å². The molecule has 214 valence electrons. The Hall–Kier alpha value is -3.64. The molecule has 1 aliphatic rings. The van der Waals surface area contributed by atoms with Crippen molar-refractivity contribution >= 4 is 17.5 Å². The predicted octanol–water partition coefficient (Wildman–Crippen LogP) is 7.76. The summed E-state index contributed by atoms with van der Waals surface area (Å²) in [6.07, 6.45) is 6.76. The quantitative estimate of drug-likeness (QED) is 0.217. The van der Waals surface area contributed by atoms with Crippen molar-refractivity contribution < 1.29 is 9.21 Å². The first-order valence-corrected chi connectivity index (χ1v) is 15.1. The Morgan fingerprint density at radius 1 is 1.00 bits per heavy atom. The Labute approximate surface area is 247 Å². The van der Waals surface area contributed by atoms with Gasteiger partial charge < -0.3 is 9.32 Å². The van der Waals surface area contributed by atoms with Gasteiger partial charge in [0.25, 0.3) is 11.5 Å². The molecule has 3 heterocycles. The molecule has 0 bridgehead atoms. The number of aromatic nitrogens is 2. The molecule has 1 saturated heterocycles. The summed E-state index contributed by atoms with van der Waals surface area (Å²) < 4.78 is 7.74. The lowest BCUT2D eigenvalue weighted by Gasteiger charge is -2.29. The monoisotopic (exact) mass is 571 g/mol. The van der Waals surface area contributed by atoms with Crippen LogP contribution in [0.3, 0.4) is 0 Å². The van der Waals surface area contributed by atoms with Crippen LogP contribution in [0.1, 0.15) is 74.1 Å². The van der Waals surface area contributed by atoms with Crippen molar-refractivity contribution in [1.82, 2.24) is 14.5 Å². The number of oxazole rings is 1. The molecule has 0 unspecified atom stereocenters. The third-order valence-electron chi connectivity index (χ3n) is 7.84. The highest BCUT2D eigenvalue weighted by Crippen LogP contribution is 2.30. The maximum atomic E-state index is 14.6. The molecule has 5 rings (SSSR count). The Kier molecular flexibility index (Phi) is 8.79. The molecule has 0 spiro atoms. The highest BCUT2D eigenvalue weighted by atomic mass is 35.5. The Morgan fingerprint density at radius 2 is 1.66 bits per heavy atom. The van der Waals surface area contributed by atoms with Crippen LogP contribution < -0.4 is 5.56 Å². The molecular formula is C34H38ClN3O3. The van der Waals surface area contributed by atoms with Crippen LogP contribution in [0.15, 0.2) is 64.0 Å². The van der Waals surface area contributed by atoms with E-state index in [-0.39, 0.29) is 28.8 Å². The van der Waals surface area contributed by atoms with E-state index in [1.807, 2.05) is 23.1 Å². The summed E-state index contributed by atoms with van der Waals surface area (Å²) in [4.78, 5) is 35.4. The number of halogens is 1. The van der Waals surface area contributed by atoms with Gasteiger partial charge in [-0.15, -0.1) is 0 Å². The second-order valence-electron chi connectivity index (χ2n) is 11.2. The van der Waals surface area contributed by atoms with Crippen LogP contribution in [0.5, 0.6) is 0 Å². The number of hydrogen-bond donors (Lipinski definition) is 0. The minimum Gasteiger partial charge on any atom is -0.444 e. The summed E-state index contributed by atoms with van der Waals surface area (Å²) in [6, 6.07) is 15.2. The first kappa shape index (κ1) is 28.9. The van der Waals surface area contributed by atoms with Gasteiger partial charge in [0.05, 0.1) is 11.3 Å². The maximum Gasteiger partial charge on any atom is 0.268 e. The van der Waals surface area contributed by atoms with E-state index in [2.05, 4.69) is 39.8 Å². The van der Waals surface area contributed by atoms with Crippen molar-refractivity contribution in [3.63, 3.8) is 0 Å². The zero-order valence-electron chi connectivity index (χ0n) is 24.4. The third kappa shape index (κ3) is 5.89. The minimum absolute atomic E-state index is 0.0353. The summed E-state index contributed by atoms with van der Waals surface area (Å²) in [7, 11) is 0. The number of carbonyl (C=O) groups is 1. The average molecular weight is 572 g/mol. The van der Waals surface area contributed by atoms with Crippen LogP contribution in [0.4, 0.5) is 0 Å². The minimum atomic E-state index is -0.226. The Morgan fingerprint density at radius 3 is 2.27 bits per heavy atom. The van der Waals surface area contributed by atoms with Gasteiger partial charge in [0, 0.05) is 29.4 Å². The number of amides is 1. The lowest BCUT2D eigenvalue weighted by molar-refractivity contribution is 0.0722. The lowest BCUT2D eigenvalue weighted by atomic mass is 9.96. The number of para-hydroxylation sites is 1. The van der Waals surface area contributed by atoms with Gasteiger partial charge >= 0.3 is 0 Å². The van der Waals surface area contributed by atoms with Crippen LogP contribution in [0.2, 0.25) is 5.02 Å². The Bertz CT molecular complexity index is 1570. The van der Waals surface area contributed by atoms with E-state index in [0.29, 0.717) is 22.7 Å². The van der Waals surface area contributed by atoms with Gasteiger partial charge in [-0.2, -0.15) is 0 Å². The van der Waals surface area contributed by atoms with E-state index >= 15 is 0 Å². The van der Waals surface area contributed by atoms with Gasteiger partial charge in [-0.25, -0.2) is 4.98 Å². The number of hydrogen-bond acceptors (Lipinski definition) is 4. The first-order chi connectivity index (χ1) is 19.8. The number of benzene rings is 2. The fourth-order valence-electron chi connectivity index (χ4n) is 5.74. The van der Waals surface area contributed by atoms with E-state index in [9.17, 15) is 9.59 Å². The fraction of sp³-hybridized carbons (Fsp3) is 0.382. The van der Waals surface area contributed by atoms with Crippen molar-refractivity contribution in [2.45, 2.75) is 66.2 Å². The largest absolute Gasteiger partial charge is 0.444 e. The van der Waals surface area contributed by atoms with Gasteiger partial charge in [-0.3, -0.25) is 14.2 Å². The normalized spacial score (nSPS) is 13.7. The molecule has 6 nitrogen and oxygen atoms in total. The summed E-state index contributed by atoms with van der Waals surface area (Å²) in [5, 5.41) is 0.628. The van der Waals surface area contributed by atoms with Gasteiger partial charge in [-0.1, -0.05) is 69.6 Å². The molecule has 41 heavy (non-hydrogen) atoms. The molecule has 1 fully saturated rings. The van der Waals surface area contributed by atoms with Gasteiger partial charge in [-0.05, 0) is 73.8 Å². The number of nitrogens with zero attached hydrogens (tertiary/aromatic N) is 3. The van der Waals surface area contributed by atoms with Crippen LogP contribution in [-0.2, 0) is 19.3 Å². The van der Waals surface area contributed by atoms with E-state index in [1.54, 1.807) is 29.0 Å². The van der Waals surface area contributed by atoms with Crippen molar-refractivity contribution in [2.75, 3.05) is 13.1 Å². The average Bonchev–Trinajstić information content (AvgIpc) is 3.47. The summed E-state index contributed by atoms with van der Waals surface area (Å²) >= 11 is 6.08. The molecule has 1 amide bonds. The van der Waals surface area contributed by atoms with Crippen LogP contribution in [0, 0.1) is 5.92 Å². The van der Waals surface area contributed by atoms with Crippen molar-refractivity contribution in [3.8, 4) is 28.4 Å². The molecule has 2 aromatic heterocycles. The van der Waals surface area contributed by atoms with Crippen LogP contribution in [0.25, 0.3) is 28.4 Å². The number of piperidine rings is 1. The van der Waals surface area contributed by atoms with Crippen LogP contribution in [-0.4, -0.2) is 33.4 Å². The second-order valence-corrected chi connectivity index (χ2v) is 11.6. The third-order valence-corrected chi connectivity index (χ3v) is 8.09. The fourth-order valence-corrected chi connectivity index (χ4v) is 5.86. The first-order valence-electron chi connectivity index (χ1n) is 14.7. The number of pyridine rings is 1. The highest BCUT2D eigenvalue weighted by molar-refractivity contribution is 6.30. The molecule has 2 aromatic carbocycles. The summed E-state index contributed by atoms with van der Waals surface area (Å²) in [5.74, 6) is 0.396. The van der Waals surface area contributed by atoms with Crippen molar-refractivity contribution in [2.24, 2.45) is 5.92 Å². The van der Waals surface area contributed by atoms with Crippen LogP contribution >= 0.6 is 11.6 Å². The molecule has 0 aliphatic carbocycles. The predicted molar refractivity (Wildman–Crippen MR) is 165 cm³/mol. The van der Waals surface area contributed by atoms with Gasteiger partial charge in [0.2, 0.25) is 5.89 Å². The summed E-state index contributed by atoms with van der Waals surface area (Å²) in [5.41, 5.74) is 5.80. The summed E-state index contributed by atoms with van der Waals surface area (Å²) in [6.45, 7) is 9.89. The number of aryl methyl sites for hydroxylation is 2. The van der Waals surface area contributed by atoms with E-state index < -0.39 is 0 Å². The lowest BCUT2D eigenvalue weighted by Crippen LogP contribution is -2.38. The Balaban J connectivity index is 1.80. The molecule has 0 saturated carbocycles. The molecule has 0 N–H and O–H groups in total. The second kappa shape index (κ2) is 12.5. The van der Waals surface area contributed by atoms with E-state index in [4.69, 9.17) is 21.0 Å². The zero-order valence-corrected chi connectivity index (χ0v) is 25.1. The van der Waals surface area contributed by atoms with Crippen molar-refractivity contribution in [3.05, 3.63) is 92.6 Å². The smallest absolute Gasteiger partial charge is 0.268 e. The van der Waals surface area contributed by atoms with Gasteiger partial charge in [0.15, 0.2) is 0 Å². The number of carbonyl (C=O) groups excluding carboxylic acids is 1. The van der Waals surface area contributed by atoms with E-state index in [1.165, 1.54) is 0 Å².